The van der Waals surface area contributed by atoms with Gasteiger partial charge in [0.1, 0.15) is 0 Å². The molecule has 1 aliphatic heterocycles. The first kappa shape index (κ1) is 10.9. The fourth-order valence-electron chi connectivity index (χ4n) is 1.95. The maximum Gasteiger partial charge on any atom is 0.278 e. The molecule has 1 amide bonds. The molecule has 13 heavy (non-hydrogen) atoms. The Morgan fingerprint density at radius 2 is 2.15 bits per heavy atom. The molecule has 1 saturated heterocycles. The molecule has 1 heterocycles. The van der Waals surface area contributed by atoms with Crippen molar-refractivity contribution in [1.82, 2.24) is 9.80 Å². The number of thiol groups is 1. The van der Waals surface area contributed by atoms with Gasteiger partial charge >= 0.3 is 0 Å². The zero-order chi connectivity index (χ0) is 9.84. The van der Waals surface area contributed by atoms with Crippen molar-refractivity contribution >= 4 is 17.9 Å². The van der Waals surface area contributed by atoms with E-state index in [0.29, 0.717) is 6.04 Å². The van der Waals surface area contributed by atoms with E-state index in [1.54, 1.807) is 0 Å². The topological polar surface area (TPSA) is 23.6 Å². The van der Waals surface area contributed by atoms with E-state index in [1.165, 1.54) is 0 Å². The molecule has 1 unspecified atom stereocenters. The van der Waals surface area contributed by atoms with Gasteiger partial charge in [0.25, 0.3) is 5.24 Å². The molecule has 0 radical (unpaired) electrons. The maximum atomic E-state index is 11.0. The molecule has 76 valence electrons. The summed E-state index contributed by atoms with van der Waals surface area (Å²) < 4.78 is 0. The number of carbonyl (C=O) groups excluding carboxylic acids is 1. The first-order valence-electron chi connectivity index (χ1n) is 4.91. The van der Waals surface area contributed by atoms with Crippen LogP contribution in [0.5, 0.6) is 0 Å². The second-order valence-corrected chi connectivity index (χ2v) is 3.77. The highest BCUT2D eigenvalue weighted by atomic mass is 32.1. The van der Waals surface area contributed by atoms with Crippen LogP contribution in [-0.4, -0.2) is 47.3 Å². The number of hydrogen-bond donors (Lipinski definition) is 1. The largest absolute Gasteiger partial charge is 0.332 e. The number of likely N-dealkylation sites (tertiary alicyclic amines) is 1. The van der Waals surface area contributed by atoms with Gasteiger partial charge in [0, 0.05) is 19.1 Å². The molecule has 0 bridgehead atoms. The van der Waals surface area contributed by atoms with Gasteiger partial charge in [0.15, 0.2) is 0 Å². The van der Waals surface area contributed by atoms with Crippen LogP contribution >= 0.6 is 12.6 Å². The molecule has 1 fully saturated rings. The lowest BCUT2D eigenvalue weighted by Gasteiger charge is -2.25. The van der Waals surface area contributed by atoms with Crippen LogP contribution in [0, 0.1) is 0 Å². The minimum absolute atomic E-state index is 0.0883. The van der Waals surface area contributed by atoms with Gasteiger partial charge in [-0.05, 0) is 19.5 Å². The number of hydrogen-bond acceptors (Lipinski definition) is 2. The standard InChI is InChI=1S/C9H18N2OS/c1-3-10(4-2)8-5-6-11(7-8)9(12)13/h8H,3-7H2,1-2H3,(H,12,13). The monoisotopic (exact) mass is 202 g/mol. The van der Waals surface area contributed by atoms with E-state index in [-0.39, 0.29) is 5.24 Å². The lowest BCUT2D eigenvalue weighted by Crippen LogP contribution is -2.37. The van der Waals surface area contributed by atoms with Crippen LogP contribution < -0.4 is 0 Å². The minimum atomic E-state index is -0.0883. The van der Waals surface area contributed by atoms with Crippen molar-refractivity contribution in [3.63, 3.8) is 0 Å². The zero-order valence-corrected chi connectivity index (χ0v) is 9.26. The van der Waals surface area contributed by atoms with Crippen LogP contribution in [-0.2, 0) is 0 Å². The molecule has 1 atom stereocenters. The van der Waals surface area contributed by atoms with Crippen molar-refractivity contribution in [3.05, 3.63) is 0 Å². The second kappa shape index (κ2) is 4.86. The second-order valence-electron chi connectivity index (χ2n) is 3.39. The lowest BCUT2D eigenvalue weighted by atomic mass is 10.2. The number of nitrogens with zero attached hydrogens (tertiary/aromatic N) is 2. The van der Waals surface area contributed by atoms with Gasteiger partial charge in [0.2, 0.25) is 0 Å². The predicted molar refractivity (Wildman–Crippen MR) is 57.3 cm³/mol. The van der Waals surface area contributed by atoms with Crippen molar-refractivity contribution in [1.29, 1.82) is 0 Å². The van der Waals surface area contributed by atoms with Crippen LogP contribution in [0.2, 0.25) is 0 Å². The Labute approximate surface area is 85.5 Å². The Balaban J connectivity index is 2.43. The molecule has 0 aromatic carbocycles. The number of carbonyl (C=O) groups is 1. The summed E-state index contributed by atoms with van der Waals surface area (Å²) in [5.74, 6) is 0. The summed E-state index contributed by atoms with van der Waals surface area (Å²) in [5, 5.41) is -0.0883. The van der Waals surface area contributed by atoms with Gasteiger partial charge in [-0.1, -0.05) is 26.5 Å². The van der Waals surface area contributed by atoms with E-state index in [0.717, 1.165) is 32.6 Å². The summed E-state index contributed by atoms with van der Waals surface area (Å²) in [7, 11) is 0. The Morgan fingerprint density at radius 3 is 2.54 bits per heavy atom. The van der Waals surface area contributed by atoms with Crippen molar-refractivity contribution in [2.24, 2.45) is 0 Å². The number of likely N-dealkylation sites (N-methyl/N-ethyl adjacent to an activating group) is 1. The molecule has 3 nitrogen and oxygen atoms in total. The molecular formula is C9H18N2OS. The van der Waals surface area contributed by atoms with Crippen molar-refractivity contribution in [2.75, 3.05) is 26.2 Å². The molecule has 0 aliphatic carbocycles. The van der Waals surface area contributed by atoms with Gasteiger partial charge in [-0.3, -0.25) is 9.69 Å². The first-order chi connectivity index (χ1) is 6.19. The van der Waals surface area contributed by atoms with Crippen molar-refractivity contribution < 1.29 is 4.79 Å². The summed E-state index contributed by atoms with van der Waals surface area (Å²) in [6.45, 7) is 8.17. The predicted octanol–water partition coefficient (Wildman–Crippen LogP) is 1.45. The first-order valence-corrected chi connectivity index (χ1v) is 5.35. The van der Waals surface area contributed by atoms with Gasteiger partial charge in [-0.15, -0.1) is 0 Å². The highest BCUT2D eigenvalue weighted by molar-refractivity contribution is 7.96. The highest BCUT2D eigenvalue weighted by Crippen LogP contribution is 2.16. The van der Waals surface area contributed by atoms with E-state index in [1.807, 2.05) is 4.90 Å². The average Bonchev–Trinajstić information content (AvgIpc) is 2.56. The Bertz CT molecular complexity index is 182. The smallest absolute Gasteiger partial charge is 0.278 e. The van der Waals surface area contributed by atoms with Crippen LogP contribution in [0.1, 0.15) is 20.3 Å². The molecular weight excluding hydrogens is 184 g/mol. The molecule has 0 saturated carbocycles. The highest BCUT2D eigenvalue weighted by Gasteiger charge is 2.27. The van der Waals surface area contributed by atoms with Gasteiger partial charge in [-0.2, -0.15) is 0 Å². The quantitative estimate of drug-likeness (QED) is 0.700. The fourth-order valence-corrected chi connectivity index (χ4v) is 2.14. The van der Waals surface area contributed by atoms with Gasteiger partial charge in [-0.25, -0.2) is 0 Å². The van der Waals surface area contributed by atoms with Gasteiger partial charge < -0.3 is 4.90 Å². The van der Waals surface area contributed by atoms with Crippen LogP contribution in [0.25, 0.3) is 0 Å². The van der Waals surface area contributed by atoms with Gasteiger partial charge in [0.05, 0.1) is 0 Å². The van der Waals surface area contributed by atoms with Crippen molar-refractivity contribution in [3.8, 4) is 0 Å². The molecule has 0 aromatic heterocycles. The molecule has 0 aromatic rings. The van der Waals surface area contributed by atoms with E-state index in [9.17, 15) is 4.79 Å². The number of amides is 1. The third-order valence-electron chi connectivity index (χ3n) is 2.76. The lowest BCUT2D eigenvalue weighted by molar-refractivity contribution is 0.208. The zero-order valence-electron chi connectivity index (χ0n) is 8.36. The summed E-state index contributed by atoms with van der Waals surface area (Å²) >= 11 is 3.83. The third kappa shape index (κ3) is 2.61. The van der Waals surface area contributed by atoms with Crippen LogP contribution in [0.15, 0.2) is 0 Å². The Hall–Kier alpha value is -0.220. The van der Waals surface area contributed by atoms with E-state index >= 15 is 0 Å². The maximum absolute atomic E-state index is 11.0. The fraction of sp³-hybridized carbons (Fsp3) is 0.889. The summed E-state index contributed by atoms with van der Waals surface area (Å²) in [6.07, 6.45) is 1.09. The molecule has 0 N–H and O–H groups in total. The average molecular weight is 202 g/mol. The van der Waals surface area contributed by atoms with Crippen LogP contribution in [0.3, 0.4) is 0 Å². The normalized spacial score (nSPS) is 22.8. The minimum Gasteiger partial charge on any atom is -0.332 e. The molecule has 4 heteroatoms. The molecule has 1 aliphatic rings. The summed E-state index contributed by atoms with van der Waals surface area (Å²) in [5.41, 5.74) is 0. The molecule has 1 rings (SSSR count). The summed E-state index contributed by atoms with van der Waals surface area (Å²) in [6, 6.07) is 0.547. The van der Waals surface area contributed by atoms with E-state index < -0.39 is 0 Å². The number of rotatable bonds is 3. The molecule has 0 spiro atoms. The Morgan fingerprint density at radius 1 is 1.54 bits per heavy atom. The summed E-state index contributed by atoms with van der Waals surface area (Å²) in [4.78, 5) is 15.2. The van der Waals surface area contributed by atoms with E-state index in [2.05, 4.69) is 31.4 Å². The Kier molecular flexibility index (Phi) is 4.06. The third-order valence-corrected chi connectivity index (χ3v) is 3.05. The van der Waals surface area contributed by atoms with E-state index in [4.69, 9.17) is 0 Å². The van der Waals surface area contributed by atoms with Crippen molar-refractivity contribution in [2.45, 2.75) is 26.3 Å². The SMILES string of the molecule is CCN(CC)C1CCN(C(=O)S)C1. The van der Waals surface area contributed by atoms with Crippen LogP contribution in [0.4, 0.5) is 4.79 Å².